The van der Waals surface area contributed by atoms with Gasteiger partial charge in [0.2, 0.25) is 16.9 Å². The lowest BCUT2D eigenvalue weighted by Crippen LogP contribution is -1.98. The average Bonchev–Trinajstić information content (AvgIpc) is 3.30. The number of tetrazole rings is 1. The third-order valence-electron chi connectivity index (χ3n) is 3.57. The zero-order valence-corrected chi connectivity index (χ0v) is 15.3. The van der Waals surface area contributed by atoms with Crippen LogP contribution >= 0.6 is 23.4 Å². The normalized spacial score (nSPS) is 11.0. The van der Waals surface area contributed by atoms with Crippen molar-refractivity contribution in [2.24, 2.45) is 0 Å². The van der Waals surface area contributed by atoms with Crippen molar-refractivity contribution in [3.05, 3.63) is 65.0 Å². The predicted octanol–water partition coefficient (Wildman–Crippen LogP) is 3.97. The molecule has 0 radical (unpaired) electrons. The summed E-state index contributed by atoms with van der Waals surface area (Å²) in [7, 11) is 0. The summed E-state index contributed by atoms with van der Waals surface area (Å²) in [5.74, 6) is 1.48. The Morgan fingerprint density at radius 1 is 1.08 bits per heavy atom. The lowest BCUT2D eigenvalue weighted by atomic mass is 10.1. The number of aromatic nitrogens is 6. The second-order valence-electron chi connectivity index (χ2n) is 5.51. The topological polar surface area (TPSA) is 82.5 Å². The van der Waals surface area contributed by atoms with Crippen molar-refractivity contribution in [1.82, 2.24) is 30.4 Å². The van der Waals surface area contributed by atoms with Crippen molar-refractivity contribution in [2.75, 3.05) is 0 Å². The summed E-state index contributed by atoms with van der Waals surface area (Å²) in [6, 6.07) is 15.2. The zero-order valence-electron chi connectivity index (χ0n) is 13.7. The number of hydrogen-bond donors (Lipinski definition) is 0. The molecule has 0 unspecified atom stereocenters. The maximum atomic E-state index is 5.92. The van der Waals surface area contributed by atoms with E-state index in [-0.39, 0.29) is 0 Å². The zero-order chi connectivity index (χ0) is 17.9. The molecule has 0 bridgehead atoms. The highest BCUT2D eigenvalue weighted by molar-refractivity contribution is 7.98. The van der Waals surface area contributed by atoms with Crippen LogP contribution in [0.25, 0.3) is 17.1 Å². The number of rotatable bonds is 5. The van der Waals surface area contributed by atoms with Crippen molar-refractivity contribution in [1.29, 1.82) is 0 Å². The predicted molar refractivity (Wildman–Crippen MR) is 98.2 cm³/mol. The van der Waals surface area contributed by atoms with E-state index in [1.54, 1.807) is 16.8 Å². The first-order chi connectivity index (χ1) is 12.7. The average molecular weight is 385 g/mol. The molecule has 0 amide bonds. The van der Waals surface area contributed by atoms with Crippen LogP contribution in [0.5, 0.6) is 0 Å². The highest BCUT2D eigenvalue weighted by Crippen LogP contribution is 2.25. The Hall–Kier alpha value is -2.71. The molecule has 2 aromatic carbocycles. The van der Waals surface area contributed by atoms with Gasteiger partial charge in [0.1, 0.15) is 0 Å². The second-order valence-corrected chi connectivity index (χ2v) is 6.89. The molecule has 2 aromatic heterocycles. The molecule has 0 spiro atoms. The van der Waals surface area contributed by atoms with Crippen molar-refractivity contribution in [3.8, 4) is 17.1 Å². The van der Waals surface area contributed by atoms with Gasteiger partial charge in [0.05, 0.1) is 11.4 Å². The largest absolute Gasteiger partial charge is 0.420 e. The van der Waals surface area contributed by atoms with Gasteiger partial charge in [0, 0.05) is 10.6 Å². The third-order valence-corrected chi connectivity index (χ3v) is 4.72. The maximum absolute atomic E-state index is 5.92. The lowest BCUT2D eigenvalue weighted by molar-refractivity contribution is 0.528. The molecule has 0 aliphatic carbocycles. The van der Waals surface area contributed by atoms with Crippen molar-refractivity contribution in [2.45, 2.75) is 17.8 Å². The fourth-order valence-electron chi connectivity index (χ4n) is 2.35. The Kier molecular flexibility index (Phi) is 4.68. The maximum Gasteiger partial charge on any atom is 0.247 e. The molecule has 9 heteroatoms. The molecule has 0 aliphatic heterocycles. The second kappa shape index (κ2) is 7.27. The summed E-state index contributed by atoms with van der Waals surface area (Å²) >= 11 is 7.34. The Balaban J connectivity index is 1.49. The minimum Gasteiger partial charge on any atom is -0.420 e. The minimum atomic E-state index is 0.465. The standard InChI is InChI=1S/C17H13ClN6OS/c1-11-3-2-4-12(9-11)16-20-19-15(25-16)10-26-17-21-22-23-24(17)14-7-5-13(18)6-8-14/h2-9H,10H2,1H3. The number of nitrogens with zero attached hydrogens (tertiary/aromatic N) is 6. The summed E-state index contributed by atoms with van der Waals surface area (Å²) in [5.41, 5.74) is 2.87. The van der Waals surface area contributed by atoms with Crippen LogP contribution in [0, 0.1) is 6.92 Å². The quantitative estimate of drug-likeness (QED) is 0.481. The van der Waals surface area contributed by atoms with Gasteiger partial charge in [-0.3, -0.25) is 0 Å². The van der Waals surface area contributed by atoms with E-state index in [1.165, 1.54) is 11.8 Å². The van der Waals surface area contributed by atoms with E-state index in [2.05, 4.69) is 25.7 Å². The van der Waals surface area contributed by atoms with Gasteiger partial charge in [-0.15, -0.1) is 15.3 Å². The highest BCUT2D eigenvalue weighted by Gasteiger charge is 2.13. The van der Waals surface area contributed by atoms with Gasteiger partial charge < -0.3 is 4.42 Å². The first-order valence-corrected chi connectivity index (χ1v) is 9.12. The molecule has 0 saturated carbocycles. The van der Waals surface area contributed by atoms with Gasteiger partial charge >= 0.3 is 0 Å². The number of benzene rings is 2. The summed E-state index contributed by atoms with van der Waals surface area (Å²) in [6.45, 7) is 2.02. The van der Waals surface area contributed by atoms with Crippen molar-refractivity contribution < 1.29 is 4.42 Å². The molecule has 0 saturated heterocycles. The Bertz CT molecular complexity index is 1030. The molecule has 130 valence electrons. The first kappa shape index (κ1) is 16.7. The van der Waals surface area contributed by atoms with E-state index < -0.39 is 0 Å². The van der Waals surface area contributed by atoms with Gasteiger partial charge in [-0.05, 0) is 53.7 Å². The Labute approximate surface area is 158 Å². The molecular weight excluding hydrogens is 372 g/mol. The van der Waals surface area contributed by atoms with E-state index in [0.29, 0.717) is 27.7 Å². The summed E-state index contributed by atoms with van der Waals surface area (Å²) < 4.78 is 7.38. The molecule has 4 aromatic rings. The number of hydrogen-bond acceptors (Lipinski definition) is 7. The van der Waals surface area contributed by atoms with E-state index in [0.717, 1.165) is 16.8 Å². The fourth-order valence-corrected chi connectivity index (χ4v) is 3.20. The van der Waals surface area contributed by atoms with Crippen LogP contribution in [0.15, 0.2) is 58.1 Å². The van der Waals surface area contributed by atoms with E-state index in [9.17, 15) is 0 Å². The molecule has 4 rings (SSSR count). The van der Waals surface area contributed by atoms with E-state index in [1.807, 2.05) is 43.3 Å². The van der Waals surface area contributed by atoms with Crippen LogP contribution in [0.3, 0.4) is 0 Å². The van der Waals surface area contributed by atoms with Crippen LogP contribution in [-0.2, 0) is 5.75 Å². The molecule has 0 atom stereocenters. The van der Waals surface area contributed by atoms with Gasteiger partial charge in [0.25, 0.3) is 0 Å². The molecule has 7 nitrogen and oxygen atoms in total. The Morgan fingerprint density at radius 3 is 2.73 bits per heavy atom. The molecule has 0 N–H and O–H groups in total. The van der Waals surface area contributed by atoms with Crippen LogP contribution in [0.1, 0.15) is 11.5 Å². The first-order valence-electron chi connectivity index (χ1n) is 7.75. The summed E-state index contributed by atoms with van der Waals surface area (Å²) in [5, 5.41) is 21.3. The molecule has 2 heterocycles. The summed E-state index contributed by atoms with van der Waals surface area (Å²) in [4.78, 5) is 0. The van der Waals surface area contributed by atoms with Crippen molar-refractivity contribution in [3.63, 3.8) is 0 Å². The Morgan fingerprint density at radius 2 is 1.92 bits per heavy atom. The smallest absolute Gasteiger partial charge is 0.247 e. The SMILES string of the molecule is Cc1cccc(-c2nnc(CSc3nnnn3-c3ccc(Cl)cc3)o2)c1. The summed E-state index contributed by atoms with van der Waals surface area (Å²) in [6.07, 6.45) is 0. The van der Waals surface area contributed by atoms with Crippen LogP contribution in [0.4, 0.5) is 0 Å². The van der Waals surface area contributed by atoms with Gasteiger partial charge in [-0.2, -0.15) is 4.68 Å². The van der Waals surface area contributed by atoms with Crippen LogP contribution in [0.2, 0.25) is 5.02 Å². The molecular formula is C17H13ClN6OS. The number of halogens is 1. The molecule has 26 heavy (non-hydrogen) atoms. The van der Waals surface area contributed by atoms with Crippen molar-refractivity contribution >= 4 is 23.4 Å². The van der Waals surface area contributed by atoms with Gasteiger partial charge in [-0.1, -0.05) is 41.1 Å². The number of aryl methyl sites for hydroxylation is 1. The fraction of sp³-hybridized carbons (Fsp3) is 0.118. The molecule has 0 fully saturated rings. The number of thioether (sulfide) groups is 1. The molecule has 0 aliphatic rings. The van der Waals surface area contributed by atoms with Gasteiger partial charge in [-0.25, -0.2) is 0 Å². The van der Waals surface area contributed by atoms with E-state index in [4.69, 9.17) is 16.0 Å². The van der Waals surface area contributed by atoms with Crippen LogP contribution < -0.4 is 0 Å². The lowest BCUT2D eigenvalue weighted by Gasteiger charge is -2.03. The monoisotopic (exact) mass is 384 g/mol. The van der Waals surface area contributed by atoms with E-state index >= 15 is 0 Å². The highest BCUT2D eigenvalue weighted by atomic mass is 35.5. The van der Waals surface area contributed by atoms with Crippen LogP contribution in [-0.4, -0.2) is 30.4 Å². The third kappa shape index (κ3) is 3.61. The minimum absolute atomic E-state index is 0.465. The van der Waals surface area contributed by atoms with Gasteiger partial charge in [0.15, 0.2) is 0 Å².